The van der Waals surface area contributed by atoms with Crippen LogP contribution >= 0.6 is 12.4 Å². The highest BCUT2D eigenvalue weighted by atomic mass is 35.5. The number of nitrogens with one attached hydrogen (secondary N) is 2. The van der Waals surface area contributed by atoms with Crippen molar-refractivity contribution in [2.75, 3.05) is 39.3 Å². The van der Waals surface area contributed by atoms with Gasteiger partial charge in [-0.05, 0) is 6.92 Å². The average molecular weight is 263 g/mol. The molecule has 3 amide bonds. The molecule has 98 valence electrons. The Labute approximate surface area is 107 Å². The number of amides is 3. The fourth-order valence-corrected chi connectivity index (χ4v) is 2.14. The molecule has 0 bridgehead atoms. The van der Waals surface area contributed by atoms with Gasteiger partial charge >= 0.3 is 6.03 Å². The summed E-state index contributed by atoms with van der Waals surface area (Å²) < 4.78 is 0. The van der Waals surface area contributed by atoms with Crippen molar-refractivity contribution in [2.24, 2.45) is 0 Å². The number of nitrogens with zero attached hydrogens (tertiary/aromatic N) is 2. The van der Waals surface area contributed by atoms with Gasteiger partial charge in [0.05, 0.1) is 6.54 Å². The second-order valence-corrected chi connectivity index (χ2v) is 4.36. The van der Waals surface area contributed by atoms with Crippen LogP contribution < -0.4 is 10.6 Å². The van der Waals surface area contributed by atoms with Gasteiger partial charge in [-0.1, -0.05) is 0 Å². The summed E-state index contributed by atoms with van der Waals surface area (Å²) in [5.74, 6) is -0.117. The van der Waals surface area contributed by atoms with Crippen LogP contribution in [0.25, 0.3) is 0 Å². The van der Waals surface area contributed by atoms with Gasteiger partial charge in [0, 0.05) is 38.8 Å². The van der Waals surface area contributed by atoms with Gasteiger partial charge in [0.15, 0.2) is 0 Å². The molecule has 2 aliphatic heterocycles. The highest BCUT2D eigenvalue weighted by Crippen LogP contribution is 2.02. The monoisotopic (exact) mass is 262 g/mol. The Morgan fingerprint density at radius 3 is 2.71 bits per heavy atom. The van der Waals surface area contributed by atoms with Crippen molar-refractivity contribution in [2.45, 2.75) is 13.0 Å². The Bertz CT molecular complexity index is 284. The van der Waals surface area contributed by atoms with Crippen LogP contribution in [0.4, 0.5) is 4.79 Å². The van der Waals surface area contributed by atoms with Gasteiger partial charge in [0.25, 0.3) is 0 Å². The van der Waals surface area contributed by atoms with Gasteiger partial charge in [0.2, 0.25) is 5.91 Å². The van der Waals surface area contributed by atoms with Crippen LogP contribution in [0.3, 0.4) is 0 Å². The first kappa shape index (κ1) is 14.2. The van der Waals surface area contributed by atoms with Gasteiger partial charge in [-0.25, -0.2) is 4.79 Å². The molecule has 2 saturated heterocycles. The normalized spacial score (nSPS) is 25.7. The van der Waals surface area contributed by atoms with E-state index in [0.717, 1.165) is 26.2 Å². The van der Waals surface area contributed by atoms with Crippen molar-refractivity contribution < 1.29 is 9.59 Å². The predicted molar refractivity (Wildman–Crippen MR) is 66.3 cm³/mol. The molecule has 0 aromatic rings. The van der Waals surface area contributed by atoms with Crippen LogP contribution in [-0.4, -0.2) is 67.0 Å². The molecule has 7 heteroatoms. The Kier molecular flexibility index (Phi) is 5.17. The number of halogens is 1. The molecular formula is C10H19ClN4O2. The maximum atomic E-state index is 11.3. The van der Waals surface area contributed by atoms with Crippen molar-refractivity contribution in [3.8, 4) is 0 Å². The molecule has 2 aliphatic rings. The third kappa shape index (κ3) is 3.55. The predicted octanol–water partition coefficient (Wildman–Crippen LogP) is -0.746. The molecule has 2 rings (SSSR count). The Morgan fingerprint density at radius 2 is 2.12 bits per heavy atom. The molecule has 0 spiro atoms. The van der Waals surface area contributed by atoms with Gasteiger partial charge in [0.1, 0.15) is 0 Å². The molecule has 0 radical (unpaired) electrons. The SMILES string of the molecule is CC1CN(CCN2C(=O)CNC2=O)CCN1.Cl. The minimum atomic E-state index is -0.256. The lowest BCUT2D eigenvalue weighted by molar-refractivity contribution is -0.125. The van der Waals surface area contributed by atoms with Crippen molar-refractivity contribution in [3.63, 3.8) is 0 Å². The van der Waals surface area contributed by atoms with E-state index in [0.29, 0.717) is 12.6 Å². The average Bonchev–Trinajstić information content (AvgIpc) is 2.56. The first-order chi connectivity index (χ1) is 7.66. The summed E-state index contributed by atoms with van der Waals surface area (Å²) in [6.45, 7) is 6.48. The second-order valence-electron chi connectivity index (χ2n) is 4.36. The van der Waals surface area contributed by atoms with E-state index >= 15 is 0 Å². The number of rotatable bonds is 3. The van der Waals surface area contributed by atoms with Crippen molar-refractivity contribution >= 4 is 24.3 Å². The van der Waals surface area contributed by atoms with E-state index in [1.54, 1.807) is 0 Å². The maximum absolute atomic E-state index is 11.3. The summed E-state index contributed by atoms with van der Waals surface area (Å²) in [5.41, 5.74) is 0. The molecule has 0 aromatic carbocycles. The quantitative estimate of drug-likeness (QED) is 0.658. The number of urea groups is 1. The standard InChI is InChI=1S/C10H18N4O2.ClH/c1-8-7-13(3-2-11-8)4-5-14-9(15)6-12-10(14)16;/h8,11H,2-7H2,1H3,(H,12,16);1H. The molecule has 0 aliphatic carbocycles. The molecule has 2 fully saturated rings. The number of carbonyl (C=O) groups excluding carboxylic acids is 2. The minimum Gasteiger partial charge on any atom is -0.329 e. The summed E-state index contributed by atoms with van der Waals surface area (Å²) in [7, 11) is 0. The fraction of sp³-hybridized carbons (Fsp3) is 0.800. The Hall–Kier alpha value is -0.850. The zero-order valence-electron chi connectivity index (χ0n) is 9.94. The summed E-state index contributed by atoms with van der Waals surface area (Å²) in [5, 5.41) is 5.88. The molecule has 0 aromatic heterocycles. The van der Waals surface area contributed by atoms with Crippen molar-refractivity contribution in [3.05, 3.63) is 0 Å². The molecule has 2 heterocycles. The summed E-state index contributed by atoms with van der Waals surface area (Å²) in [6.07, 6.45) is 0. The Morgan fingerprint density at radius 1 is 1.35 bits per heavy atom. The van der Waals surface area contributed by atoms with Gasteiger partial charge in [-0.15, -0.1) is 12.4 Å². The first-order valence-electron chi connectivity index (χ1n) is 5.71. The smallest absolute Gasteiger partial charge is 0.324 e. The van der Waals surface area contributed by atoms with Crippen LogP contribution in [-0.2, 0) is 4.79 Å². The van der Waals surface area contributed by atoms with E-state index in [1.165, 1.54) is 4.90 Å². The first-order valence-corrected chi connectivity index (χ1v) is 5.71. The van der Waals surface area contributed by atoms with E-state index in [9.17, 15) is 9.59 Å². The molecule has 1 atom stereocenters. The zero-order chi connectivity index (χ0) is 11.5. The molecule has 2 N–H and O–H groups in total. The van der Waals surface area contributed by atoms with E-state index in [4.69, 9.17) is 0 Å². The van der Waals surface area contributed by atoms with Crippen LogP contribution in [0.15, 0.2) is 0 Å². The topological polar surface area (TPSA) is 64.7 Å². The lowest BCUT2D eigenvalue weighted by Gasteiger charge is -2.32. The van der Waals surface area contributed by atoms with Gasteiger partial charge in [-0.3, -0.25) is 14.6 Å². The highest BCUT2D eigenvalue weighted by Gasteiger charge is 2.28. The summed E-state index contributed by atoms with van der Waals surface area (Å²) in [6, 6.07) is 0.227. The van der Waals surface area contributed by atoms with Crippen LogP contribution in [0.2, 0.25) is 0 Å². The van der Waals surface area contributed by atoms with Gasteiger partial charge < -0.3 is 10.6 Å². The van der Waals surface area contributed by atoms with Crippen molar-refractivity contribution in [1.82, 2.24) is 20.4 Å². The molecule has 1 unspecified atom stereocenters. The lowest BCUT2D eigenvalue weighted by atomic mass is 10.2. The minimum absolute atomic E-state index is 0. The molecule has 17 heavy (non-hydrogen) atoms. The number of carbonyl (C=O) groups is 2. The highest BCUT2D eigenvalue weighted by molar-refractivity contribution is 6.01. The van der Waals surface area contributed by atoms with Gasteiger partial charge in [-0.2, -0.15) is 0 Å². The van der Waals surface area contributed by atoms with E-state index in [2.05, 4.69) is 22.5 Å². The Balaban J connectivity index is 0.00000144. The maximum Gasteiger partial charge on any atom is 0.324 e. The molecule has 0 saturated carbocycles. The number of piperazine rings is 1. The lowest BCUT2D eigenvalue weighted by Crippen LogP contribution is -2.51. The summed E-state index contributed by atoms with van der Waals surface area (Å²) in [4.78, 5) is 26.2. The fourth-order valence-electron chi connectivity index (χ4n) is 2.14. The number of hydrogen-bond donors (Lipinski definition) is 2. The van der Waals surface area contributed by atoms with E-state index in [-0.39, 0.29) is 30.9 Å². The van der Waals surface area contributed by atoms with E-state index in [1.807, 2.05) is 0 Å². The molecule has 6 nitrogen and oxygen atoms in total. The van der Waals surface area contributed by atoms with Crippen LogP contribution in [0, 0.1) is 0 Å². The second kappa shape index (κ2) is 6.18. The molecular weight excluding hydrogens is 244 g/mol. The number of hydrogen-bond acceptors (Lipinski definition) is 4. The van der Waals surface area contributed by atoms with Crippen LogP contribution in [0.5, 0.6) is 0 Å². The third-order valence-electron chi connectivity index (χ3n) is 3.03. The zero-order valence-corrected chi connectivity index (χ0v) is 10.8. The summed E-state index contributed by atoms with van der Waals surface area (Å²) >= 11 is 0. The largest absolute Gasteiger partial charge is 0.329 e. The number of imide groups is 1. The van der Waals surface area contributed by atoms with Crippen LogP contribution in [0.1, 0.15) is 6.92 Å². The van der Waals surface area contributed by atoms with E-state index < -0.39 is 0 Å². The van der Waals surface area contributed by atoms with Crippen molar-refractivity contribution in [1.29, 1.82) is 0 Å². The third-order valence-corrected chi connectivity index (χ3v) is 3.03.